The summed E-state index contributed by atoms with van der Waals surface area (Å²) in [6, 6.07) is 99.0. The van der Waals surface area contributed by atoms with E-state index in [0.29, 0.717) is 5.92 Å². The van der Waals surface area contributed by atoms with Crippen molar-refractivity contribution < 1.29 is 0 Å². The number of benzene rings is 11. The molecule has 0 N–H and O–H groups in total. The normalized spacial score (nSPS) is 14.1. The van der Waals surface area contributed by atoms with Crippen LogP contribution in [0.1, 0.15) is 52.8 Å². The lowest BCUT2D eigenvalue weighted by Gasteiger charge is -2.35. The lowest BCUT2D eigenvalue weighted by Crippen LogP contribution is -2.28. The highest BCUT2D eigenvalue weighted by atomic mass is 15.1. The molecule has 14 rings (SSSR count). The zero-order valence-electron chi connectivity index (χ0n) is 41.2. The number of aromatic nitrogens is 1. The van der Waals surface area contributed by atoms with Crippen molar-refractivity contribution in [2.75, 3.05) is 4.90 Å². The van der Waals surface area contributed by atoms with E-state index in [1.54, 1.807) is 0 Å². The Bertz CT molecular complexity index is 4060. The quantitative estimate of drug-likeness (QED) is 0.140. The molecule has 0 spiro atoms. The Balaban J connectivity index is 1.01. The molecule has 1 heterocycles. The first-order valence-electron chi connectivity index (χ1n) is 26.0. The second kappa shape index (κ2) is 17.8. The SMILES string of the molecule is CC1CC=Cc2c1c1ccccc1n2-c1ccccc1-c1ccc(N(c2ccc3c(c2)C(c2ccccc2)(c2ccccc2)c2ccccc2-3)c2cc(-c3cccc4ccccc34)ccc2-c2ccccc2)cc1. The van der Waals surface area contributed by atoms with Crippen LogP contribution in [0.25, 0.3) is 77.9 Å². The largest absolute Gasteiger partial charge is 0.310 e. The molecule has 0 radical (unpaired) electrons. The summed E-state index contributed by atoms with van der Waals surface area (Å²) in [5, 5.41) is 3.79. The number of nitrogens with zero attached hydrogens (tertiary/aromatic N) is 2. The molecule has 0 amide bonds. The zero-order valence-corrected chi connectivity index (χ0v) is 41.2. The summed E-state index contributed by atoms with van der Waals surface area (Å²) in [5.74, 6) is 0.442. The Labute approximate surface area is 433 Å². The number of allylic oxidation sites excluding steroid dienone is 1. The smallest absolute Gasteiger partial charge is 0.0714 e. The van der Waals surface area contributed by atoms with Crippen LogP contribution in [0.3, 0.4) is 0 Å². The molecule has 0 saturated carbocycles. The van der Waals surface area contributed by atoms with E-state index in [0.717, 1.165) is 45.7 Å². The fraction of sp³-hybridized carbons (Fsp3) is 0.0556. The predicted octanol–water partition coefficient (Wildman–Crippen LogP) is 19.1. The van der Waals surface area contributed by atoms with Crippen molar-refractivity contribution >= 4 is 44.8 Å². The van der Waals surface area contributed by atoms with E-state index in [4.69, 9.17) is 0 Å². The number of rotatable bonds is 9. The highest BCUT2D eigenvalue weighted by Crippen LogP contribution is 2.58. The number of hydrogen-bond acceptors (Lipinski definition) is 1. The van der Waals surface area contributed by atoms with Crippen LogP contribution in [0.2, 0.25) is 0 Å². The van der Waals surface area contributed by atoms with Crippen molar-refractivity contribution in [2.24, 2.45) is 0 Å². The maximum absolute atomic E-state index is 2.51. The second-order valence-electron chi connectivity index (χ2n) is 20.0. The Kier molecular flexibility index (Phi) is 10.5. The average Bonchev–Trinajstić information content (AvgIpc) is 3.97. The third kappa shape index (κ3) is 6.86. The molecule has 11 aromatic carbocycles. The van der Waals surface area contributed by atoms with E-state index in [1.165, 1.54) is 83.1 Å². The van der Waals surface area contributed by atoms with E-state index in [1.807, 2.05) is 0 Å². The summed E-state index contributed by atoms with van der Waals surface area (Å²) in [6.07, 6.45) is 5.73. The Morgan fingerprint density at radius 1 is 0.419 bits per heavy atom. The first-order valence-corrected chi connectivity index (χ1v) is 26.0. The highest BCUT2D eigenvalue weighted by molar-refractivity contribution is 6.00. The molecule has 2 aliphatic rings. The van der Waals surface area contributed by atoms with Gasteiger partial charge < -0.3 is 9.47 Å². The van der Waals surface area contributed by atoms with E-state index in [-0.39, 0.29) is 0 Å². The predicted molar refractivity (Wildman–Crippen MR) is 311 cm³/mol. The fourth-order valence-electron chi connectivity index (χ4n) is 12.7. The third-order valence-electron chi connectivity index (χ3n) is 15.9. The third-order valence-corrected chi connectivity index (χ3v) is 15.9. The van der Waals surface area contributed by atoms with E-state index >= 15 is 0 Å². The average molecular weight is 945 g/mol. The summed E-state index contributed by atoms with van der Waals surface area (Å²) in [6.45, 7) is 2.36. The number of anilines is 3. The second-order valence-corrected chi connectivity index (χ2v) is 20.0. The van der Waals surface area contributed by atoms with Gasteiger partial charge in [0.25, 0.3) is 0 Å². The molecule has 1 atom stereocenters. The van der Waals surface area contributed by atoms with Gasteiger partial charge in [-0.15, -0.1) is 0 Å². The summed E-state index contributed by atoms with van der Waals surface area (Å²) in [5.41, 5.74) is 22.4. The van der Waals surface area contributed by atoms with Gasteiger partial charge in [0.05, 0.1) is 28.0 Å². The molecule has 1 unspecified atom stereocenters. The Morgan fingerprint density at radius 2 is 0.986 bits per heavy atom. The van der Waals surface area contributed by atoms with Crippen molar-refractivity contribution in [1.82, 2.24) is 4.57 Å². The minimum absolute atomic E-state index is 0.442. The Hall–Kier alpha value is -9.24. The molecule has 0 saturated heterocycles. The summed E-state index contributed by atoms with van der Waals surface area (Å²) in [7, 11) is 0. The van der Waals surface area contributed by atoms with Gasteiger partial charge in [-0.1, -0.05) is 237 Å². The van der Waals surface area contributed by atoms with Crippen LogP contribution in [0.15, 0.2) is 273 Å². The molecule has 1 aromatic heterocycles. The molecule has 2 nitrogen and oxygen atoms in total. The van der Waals surface area contributed by atoms with Crippen molar-refractivity contribution in [2.45, 2.75) is 24.7 Å². The number of fused-ring (bicyclic) bond motifs is 7. The van der Waals surface area contributed by atoms with Gasteiger partial charge in [-0.05, 0) is 133 Å². The summed E-state index contributed by atoms with van der Waals surface area (Å²) >= 11 is 0. The first-order chi connectivity index (χ1) is 36.6. The molecule has 12 aromatic rings. The summed E-state index contributed by atoms with van der Waals surface area (Å²) in [4.78, 5) is 2.51. The molecule has 0 bridgehead atoms. The van der Waals surface area contributed by atoms with Crippen LogP contribution in [0, 0.1) is 0 Å². The molecule has 2 heteroatoms. The van der Waals surface area contributed by atoms with Crippen LogP contribution >= 0.6 is 0 Å². The van der Waals surface area contributed by atoms with Crippen LogP contribution in [-0.4, -0.2) is 4.57 Å². The topological polar surface area (TPSA) is 8.17 Å². The van der Waals surface area contributed by atoms with Crippen molar-refractivity contribution in [3.63, 3.8) is 0 Å². The van der Waals surface area contributed by atoms with Crippen LogP contribution in [0.5, 0.6) is 0 Å². The van der Waals surface area contributed by atoms with Gasteiger partial charge in [-0.25, -0.2) is 0 Å². The monoisotopic (exact) mass is 944 g/mol. The number of hydrogen-bond donors (Lipinski definition) is 0. The molecule has 74 heavy (non-hydrogen) atoms. The lowest BCUT2D eigenvalue weighted by atomic mass is 9.67. The van der Waals surface area contributed by atoms with Gasteiger partial charge in [0.1, 0.15) is 0 Å². The van der Waals surface area contributed by atoms with Crippen LogP contribution < -0.4 is 4.90 Å². The molecule has 0 fully saturated rings. The van der Waals surface area contributed by atoms with Gasteiger partial charge in [0, 0.05) is 27.9 Å². The van der Waals surface area contributed by atoms with Crippen LogP contribution in [-0.2, 0) is 5.41 Å². The summed E-state index contributed by atoms with van der Waals surface area (Å²) < 4.78 is 2.49. The van der Waals surface area contributed by atoms with Gasteiger partial charge >= 0.3 is 0 Å². The minimum Gasteiger partial charge on any atom is -0.310 e. The van der Waals surface area contributed by atoms with Gasteiger partial charge in [-0.2, -0.15) is 0 Å². The van der Waals surface area contributed by atoms with Crippen molar-refractivity contribution in [1.29, 1.82) is 0 Å². The number of para-hydroxylation sites is 2. The molecule has 2 aliphatic carbocycles. The van der Waals surface area contributed by atoms with Crippen molar-refractivity contribution in [3.8, 4) is 50.2 Å². The standard InChI is InChI=1S/C72H52N2/c1-49-21-19-38-69-71(49)64-33-15-18-37-68(64)74(69)67-36-17-14-31-60(67)52-39-42-56(43-40-52)73(70-47-53(41-45-61(70)51-22-5-2-6-23-51)59-34-20-25-50-24-11-12-30-58(50)59)57-44-46-63-62-32-13-16-35-65(62)72(66(63)48-57,54-26-7-3-8-27-54)55-28-9-4-10-29-55/h2-20,22-49H,21H2,1H3. The van der Waals surface area contributed by atoms with Gasteiger partial charge in [0.15, 0.2) is 0 Å². The minimum atomic E-state index is -0.564. The lowest BCUT2D eigenvalue weighted by molar-refractivity contribution is 0.768. The Morgan fingerprint density at radius 3 is 1.77 bits per heavy atom. The van der Waals surface area contributed by atoms with Gasteiger partial charge in [0.2, 0.25) is 0 Å². The molecular weight excluding hydrogens is 893 g/mol. The highest BCUT2D eigenvalue weighted by Gasteiger charge is 2.46. The fourth-order valence-corrected chi connectivity index (χ4v) is 12.7. The maximum atomic E-state index is 2.51. The van der Waals surface area contributed by atoms with E-state index < -0.39 is 5.41 Å². The zero-order chi connectivity index (χ0) is 49.2. The van der Waals surface area contributed by atoms with Gasteiger partial charge in [-0.3, -0.25) is 0 Å². The first kappa shape index (κ1) is 43.5. The molecule has 350 valence electrons. The van der Waals surface area contributed by atoms with Crippen molar-refractivity contribution in [3.05, 3.63) is 307 Å². The maximum Gasteiger partial charge on any atom is 0.0714 e. The molecular formula is C72H52N2. The molecule has 0 aliphatic heterocycles. The van der Waals surface area contributed by atoms with Crippen LogP contribution in [0.4, 0.5) is 17.1 Å². The van der Waals surface area contributed by atoms with E-state index in [2.05, 4.69) is 295 Å². The van der Waals surface area contributed by atoms with E-state index in [9.17, 15) is 0 Å².